The Hall–Kier alpha value is -6.02. The molecular formula is C51H60N4O9. The fraction of sp³-hybridized carbons (Fsp3) is 0.412. The maximum atomic E-state index is 13.4. The number of aliphatic hydroxyl groups is 1. The Labute approximate surface area is 374 Å². The Kier molecular flexibility index (Phi) is 15.8. The van der Waals surface area contributed by atoms with E-state index in [0.29, 0.717) is 54.0 Å². The van der Waals surface area contributed by atoms with Crippen molar-refractivity contribution in [1.82, 2.24) is 20.5 Å². The average molecular weight is 873 g/mol. The Morgan fingerprint density at radius 1 is 0.891 bits per heavy atom. The van der Waals surface area contributed by atoms with Crippen LogP contribution in [0.25, 0.3) is 10.9 Å². The van der Waals surface area contributed by atoms with Crippen LogP contribution in [0.1, 0.15) is 97.0 Å². The quantitative estimate of drug-likeness (QED) is 0.0389. The molecule has 1 amide bonds. The second kappa shape index (κ2) is 22.1. The molecule has 3 saturated heterocycles. The highest BCUT2D eigenvalue weighted by atomic mass is 16.5. The number of aromatic hydroxyl groups is 1. The van der Waals surface area contributed by atoms with Crippen LogP contribution < -0.4 is 20.9 Å². The largest absolute Gasteiger partial charge is 0.506 e. The van der Waals surface area contributed by atoms with Gasteiger partial charge >= 0.3 is 11.9 Å². The zero-order valence-corrected chi connectivity index (χ0v) is 36.7. The van der Waals surface area contributed by atoms with Gasteiger partial charge in [-0.15, -0.1) is 0 Å². The molecule has 8 rings (SSSR count). The Morgan fingerprint density at radius 2 is 1.66 bits per heavy atom. The van der Waals surface area contributed by atoms with Crippen molar-refractivity contribution in [2.24, 2.45) is 11.8 Å². The minimum Gasteiger partial charge on any atom is -0.506 e. The first kappa shape index (κ1) is 46.0. The van der Waals surface area contributed by atoms with Crippen molar-refractivity contribution in [2.45, 2.75) is 83.1 Å². The summed E-state index contributed by atoms with van der Waals surface area (Å²) in [5.74, 6) is -0.0797. The number of aliphatic hydroxyl groups excluding tert-OH is 1. The third-order valence-corrected chi connectivity index (χ3v) is 12.2. The number of rotatable bonds is 21. The maximum Gasteiger partial charge on any atom is 0.328 e. The molecule has 4 heterocycles. The Bertz CT molecular complexity index is 2400. The predicted octanol–water partition coefficient (Wildman–Crippen LogP) is 6.76. The number of carbonyl (C=O) groups excluding carboxylic acids is 3. The molecule has 338 valence electrons. The van der Waals surface area contributed by atoms with E-state index in [2.05, 4.69) is 20.5 Å². The molecule has 0 radical (unpaired) electrons. The topological polar surface area (TPSA) is 180 Å². The lowest BCUT2D eigenvalue weighted by atomic mass is 9.85. The molecule has 4 aromatic carbocycles. The first-order valence-electron chi connectivity index (χ1n) is 22.5. The van der Waals surface area contributed by atoms with E-state index in [0.717, 1.165) is 49.2 Å². The van der Waals surface area contributed by atoms with Crippen LogP contribution in [0.2, 0.25) is 0 Å². The molecular weight excluding hydrogens is 813 g/mol. The normalized spacial score (nSPS) is 18.3. The van der Waals surface area contributed by atoms with Crippen LogP contribution in [0.5, 0.6) is 11.5 Å². The number of piperidine rings is 3. The Balaban J connectivity index is 0.858. The predicted molar refractivity (Wildman–Crippen MR) is 244 cm³/mol. The van der Waals surface area contributed by atoms with E-state index in [1.807, 2.05) is 80.6 Å². The van der Waals surface area contributed by atoms with E-state index < -0.39 is 18.1 Å². The molecule has 0 saturated carbocycles. The number of aromatic amines is 1. The first-order chi connectivity index (χ1) is 31.0. The number of hydrogen-bond donors (Lipinski definition) is 5. The van der Waals surface area contributed by atoms with Crippen molar-refractivity contribution in [1.29, 1.82) is 0 Å². The van der Waals surface area contributed by atoms with Gasteiger partial charge in [0, 0.05) is 36.0 Å². The van der Waals surface area contributed by atoms with E-state index >= 15 is 0 Å². The second-order valence-corrected chi connectivity index (χ2v) is 17.4. The molecule has 3 aliphatic rings. The zero-order valence-electron chi connectivity index (χ0n) is 36.7. The number of unbranched alkanes of at least 4 members (excludes halogenated alkanes) is 1. The van der Waals surface area contributed by atoms with Crippen LogP contribution >= 0.6 is 0 Å². The van der Waals surface area contributed by atoms with Gasteiger partial charge in [0.1, 0.15) is 30.3 Å². The first-order valence-corrected chi connectivity index (χ1v) is 22.5. The maximum absolute atomic E-state index is 13.4. The van der Waals surface area contributed by atoms with E-state index in [-0.39, 0.29) is 72.8 Å². The molecule has 0 spiro atoms. The molecule has 13 heteroatoms. The van der Waals surface area contributed by atoms with E-state index in [1.54, 1.807) is 24.3 Å². The molecule has 4 atom stereocenters. The highest BCUT2D eigenvalue weighted by Crippen LogP contribution is 2.34. The number of pyridine rings is 1. The second-order valence-electron chi connectivity index (χ2n) is 17.4. The van der Waals surface area contributed by atoms with Gasteiger partial charge in [-0.05, 0) is 122 Å². The van der Waals surface area contributed by atoms with Crippen LogP contribution in [0.4, 0.5) is 0 Å². The summed E-state index contributed by atoms with van der Waals surface area (Å²) < 4.78 is 17.9. The van der Waals surface area contributed by atoms with Crippen LogP contribution in [-0.4, -0.2) is 89.4 Å². The van der Waals surface area contributed by atoms with E-state index in [9.17, 15) is 29.4 Å². The summed E-state index contributed by atoms with van der Waals surface area (Å²) in [7, 11) is 0. The fourth-order valence-corrected chi connectivity index (χ4v) is 8.73. The highest BCUT2D eigenvalue weighted by molar-refractivity contribution is 5.96. The molecule has 5 N–H and O–H groups in total. The number of phenols is 1. The van der Waals surface area contributed by atoms with Gasteiger partial charge < -0.3 is 40.0 Å². The van der Waals surface area contributed by atoms with Gasteiger partial charge in [0.2, 0.25) is 5.56 Å². The minimum atomic E-state index is -0.872. The van der Waals surface area contributed by atoms with Crippen LogP contribution in [0, 0.1) is 11.8 Å². The standard InChI is InChI=1S/C51H60N4O9/c1-33(2)27-43(51(61)62-26-7-6-23-52-30-45(57)40-17-19-44(56)49-41(40)18-20-47(58)54-49)53-50(60)37-15-13-34(14-16-37)32-63-39-12-8-11-38(28-39)42(35-9-4-3-5-10-35)29-48(59)64-46-31-55-24-21-36(46)22-25-55/h3-5,8-20,28,33,36,42-43,45-46,52,56-57H,6-7,21-27,29-32H2,1-2H3,(H,53,60)(H,54,58)/t42-,43-,45-,46-/m0/s1. The van der Waals surface area contributed by atoms with Gasteiger partial charge in [0.25, 0.3) is 5.91 Å². The van der Waals surface area contributed by atoms with Gasteiger partial charge in [0.15, 0.2) is 0 Å². The van der Waals surface area contributed by atoms with Crippen LogP contribution in [0.3, 0.4) is 0 Å². The third-order valence-electron chi connectivity index (χ3n) is 12.2. The summed E-state index contributed by atoms with van der Waals surface area (Å²) in [6.45, 7) is 8.21. The smallest absolute Gasteiger partial charge is 0.328 e. The lowest BCUT2D eigenvalue weighted by molar-refractivity contribution is -0.159. The van der Waals surface area contributed by atoms with Crippen molar-refractivity contribution in [3.05, 3.63) is 141 Å². The lowest BCUT2D eigenvalue weighted by Crippen LogP contribution is -2.52. The zero-order chi connectivity index (χ0) is 45.0. The fourth-order valence-electron chi connectivity index (χ4n) is 8.73. The van der Waals surface area contributed by atoms with Gasteiger partial charge in [-0.3, -0.25) is 19.3 Å². The summed E-state index contributed by atoms with van der Waals surface area (Å²) in [5.41, 5.74) is 3.77. The molecule has 0 aliphatic carbocycles. The number of nitrogens with one attached hydrogen (secondary N) is 3. The summed E-state index contributed by atoms with van der Waals surface area (Å²) >= 11 is 0. The monoisotopic (exact) mass is 872 g/mol. The van der Waals surface area contributed by atoms with Crippen LogP contribution in [0.15, 0.2) is 108 Å². The highest BCUT2D eigenvalue weighted by Gasteiger charge is 2.37. The number of hydrogen-bond acceptors (Lipinski definition) is 11. The average Bonchev–Trinajstić information content (AvgIpc) is 3.30. The number of phenolic OH excluding ortho intramolecular Hbond substituents is 1. The van der Waals surface area contributed by atoms with Crippen molar-refractivity contribution in [3.8, 4) is 11.5 Å². The number of carbonyl (C=O) groups is 3. The van der Waals surface area contributed by atoms with Gasteiger partial charge in [-0.25, -0.2) is 4.79 Å². The van der Waals surface area contributed by atoms with Gasteiger partial charge in [-0.2, -0.15) is 0 Å². The summed E-state index contributed by atoms with van der Waals surface area (Å²) in [5, 5.41) is 27.5. The number of nitrogens with zero attached hydrogens (tertiary/aromatic N) is 1. The number of aromatic nitrogens is 1. The number of H-pyrrole nitrogens is 1. The van der Waals surface area contributed by atoms with Gasteiger partial charge in [0.05, 0.1) is 24.6 Å². The Morgan fingerprint density at radius 3 is 2.39 bits per heavy atom. The molecule has 64 heavy (non-hydrogen) atoms. The van der Waals surface area contributed by atoms with Crippen LogP contribution in [-0.2, 0) is 25.7 Å². The molecule has 3 fully saturated rings. The molecule has 3 aliphatic heterocycles. The third kappa shape index (κ3) is 12.4. The number of ether oxygens (including phenoxy) is 3. The van der Waals surface area contributed by atoms with Crippen molar-refractivity contribution in [2.75, 3.05) is 39.3 Å². The van der Waals surface area contributed by atoms with E-state index in [4.69, 9.17) is 14.2 Å². The van der Waals surface area contributed by atoms with Crippen molar-refractivity contribution < 1.29 is 38.8 Å². The number of esters is 2. The summed E-state index contributed by atoms with van der Waals surface area (Å²) in [6, 6.07) is 30.1. The van der Waals surface area contributed by atoms with Crippen molar-refractivity contribution >= 4 is 28.7 Å². The minimum absolute atomic E-state index is 0.0412. The molecule has 0 unspecified atom stereocenters. The lowest BCUT2D eigenvalue weighted by Gasteiger charge is -2.44. The molecule has 13 nitrogen and oxygen atoms in total. The summed E-state index contributed by atoms with van der Waals surface area (Å²) in [6.07, 6.45) is 3.16. The number of amides is 1. The van der Waals surface area contributed by atoms with Crippen molar-refractivity contribution in [3.63, 3.8) is 0 Å². The number of benzene rings is 4. The molecule has 5 aromatic rings. The van der Waals surface area contributed by atoms with Gasteiger partial charge in [-0.1, -0.05) is 74.5 Å². The molecule has 1 aromatic heterocycles. The molecule has 2 bridgehead atoms. The number of fused-ring (bicyclic) bond motifs is 4. The SMILES string of the molecule is CC(C)C[C@H](NC(=O)c1ccc(COc2cccc([C@@H](CC(=O)O[C@H]3CN4CCC3CC4)c3ccccc3)c2)cc1)C(=O)OCCCCNC[C@H](O)c1ccc(O)c2[nH]c(=O)ccc12. The van der Waals surface area contributed by atoms with E-state index in [1.165, 1.54) is 12.1 Å². The summed E-state index contributed by atoms with van der Waals surface area (Å²) in [4.78, 5) is 56.6.